The first kappa shape index (κ1) is 18.6. The van der Waals surface area contributed by atoms with Crippen molar-refractivity contribution in [2.75, 3.05) is 6.54 Å². The molecule has 1 heterocycles. The number of aryl methyl sites for hydroxylation is 1. The third kappa shape index (κ3) is 3.95. The maximum atomic E-state index is 12.8. The number of nitrogens with zero attached hydrogens (tertiary/aromatic N) is 3. The molecule has 0 aliphatic rings. The SMILES string of the molecule is CCN(Cc1nc(-c2ccc(Cl)cc2)no1)S(=O)(=O)c1ccc(C)cc1. The lowest BCUT2D eigenvalue weighted by Gasteiger charge is -2.18. The molecule has 0 aliphatic carbocycles. The summed E-state index contributed by atoms with van der Waals surface area (Å²) in [5, 5.41) is 4.53. The number of benzene rings is 2. The topological polar surface area (TPSA) is 76.3 Å². The van der Waals surface area contributed by atoms with Gasteiger partial charge in [-0.15, -0.1) is 0 Å². The second-order valence-corrected chi connectivity index (χ2v) is 8.14. The Morgan fingerprint density at radius 1 is 1.08 bits per heavy atom. The molecule has 0 atom stereocenters. The summed E-state index contributed by atoms with van der Waals surface area (Å²) in [6.45, 7) is 3.97. The minimum atomic E-state index is -3.64. The summed E-state index contributed by atoms with van der Waals surface area (Å²) in [5.41, 5.74) is 1.74. The highest BCUT2D eigenvalue weighted by Crippen LogP contribution is 2.21. The normalized spacial score (nSPS) is 11.8. The van der Waals surface area contributed by atoms with E-state index in [0.717, 1.165) is 11.1 Å². The number of aromatic nitrogens is 2. The van der Waals surface area contributed by atoms with Crippen molar-refractivity contribution in [1.29, 1.82) is 0 Å². The van der Waals surface area contributed by atoms with Gasteiger partial charge in [0.2, 0.25) is 21.7 Å². The third-order valence-electron chi connectivity index (χ3n) is 3.89. The first-order valence-corrected chi connectivity index (χ1v) is 9.87. The molecule has 26 heavy (non-hydrogen) atoms. The molecule has 3 aromatic rings. The summed E-state index contributed by atoms with van der Waals surface area (Å²) in [5.74, 6) is 0.618. The van der Waals surface area contributed by atoms with Crippen LogP contribution in [0.4, 0.5) is 0 Å². The fourth-order valence-electron chi connectivity index (χ4n) is 2.41. The van der Waals surface area contributed by atoms with Gasteiger partial charge in [0, 0.05) is 17.1 Å². The van der Waals surface area contributed by atoms with E-state index in [2.05, 4.69) is 10.1 Å². The van der Waals surface area contributed by atoms with Crippen molar-refractivity contribution in [1.82, 2.24) is 14.4 Å². The van der Waals surface area contributed by atoms with Crippen LogP contribution in [0.2, 0.25) is 5.02 Å². The van der Waals surface area contributed by atoms with Gasteiger partial charge in [-0.25, -0.2) is 8.42 Å². The van der Waals surface area contributed by atoms with Gasteiger partial charge in [-0.3, -0.25) is 0 Å². The lowest BCUT2D eigenvalue weighted by atomic mass is 10.2. The number of sulfonamides is 1. The maximum Gasteiger partial charge on any atom is 0.243 e. The second-order valence-electron chi connectivity index (χ2n) is 5.76. The van der Waals surface area contributed by atoms with E-state index < -0.39 is 10.0 Å². The molecule has 0 unspecified atom stereocenters. The Morgan fingerprint density at radius 2 is 1.73 bits per heavy atom. The van der Waals surface area contributed by atoms with E-state index in [1.54, 1.807) is 55.5 Å². The van der Waals surface area contributed by atoms with Crippen LogP contribution in [-0.4, -0.2) is 29.4 Å². The molecule has 1 aromatic heterocycles. The summed E-state index contributed by atoms with van der Waals surface area (Å²) in [4.78, 5) is 4.53. The molecule has 2 aromatic carbocycles. The van der Waals surface area contributed by atoms with Crippen molar-refractivity contribution in [2.45, 2.75) is 25.3 Å². The quantitative estimate of drug-likeness (QED) is 0.636. The van der Waals surface area contributed by atoms with Gasteiger partial charge in [-0.2, -0.15) is 9.29 Å². The van der Waals surface area contributed by atoms with Crippen LogP contribution in [0.1, 0.15) is 18.4 Å². The van der Waals surface area contributed by atoms with Gasteiger partial charge >= 0.3 is 0 Å². The molecule has 0 bridgehead atoms. The van der Waals surface area contributed by atoms with E-state index in [-0.39, 0.29) is 23.9 Å². The molecule has 0 N–H and O–H groups in total. The molecule has 0 amide bonds. The van der Waals surface area contributed by atoms with Crippen molar-refractivity contribution in [3.05, 3.63) is 65.0 Å². The highest BCUT2D eigenvalue weighted by atomic mass is 35.5. The molecule has 0 radical (unpaired) electrons. The highest BCUT2D eigenvalue weighted by Gasteiger charge is 2.25. The lowest BCUT2D eigenvalue weighted by molar-refractivity contribution is 0.321. The molecular weight excluding hydrogens is 374 g/mol. The number of rotatable bonds is 6. The van der Waals surface area contributed by atoms with Crippen LogP contribution < -0.4 is 0 Å². The van der Waals surface area contributed by atoms with E-state index in [4.69, 9.17) is 16.1 Å². The molecule has 136 valence electrons. The first-order valence-electron chi connectivity index (χ1n) is 8.05. The van der Waals surface area contributed by atoms with Crippen molar-refractivity contribution in [3.63, 3.8) is 0 Å². The number of hydrogen-bond acceptors (Lipinski definition) is 5. The summed E-state index contributed by atoms with van der Waals surface area (Å²) >= 11 is 5.87. The largest absolute Gasteiger partial charge is 0.338 e. The van der Waals surface area contributed by atoms with Gasteiger partial charge in [0.05, 0.1) is 11.4 Å². The van der Waals surface area contributed by atoms with Gasteiger partial charge in [0.1, 0.15) is 0 Å². The van der Waals surface area contributed by atoms with Gasteiger partial charge in [0.15, 0.2) is 0 Å². The second kappa shape index (κ2) is 7.57. The standard InChI is InChI=1S/C18H18ClN3O3S/c1-3-22(26(23,24)16-10-4-13(2)5-11-16)12-17-20-18(21-25-17)14-6-8-15(19)9-7-14/h4-11H,3,12H2,1-2H3. The maximum absolute atomic E-state index is 12.8. The fraction of sp³-hybridized carbons (Fsp3) is 0.222. The molecule has 0 saturated heterocycles. The summed E-state index contributed by atoms with van der Waals surface area (Å²) in [7, 11) is -3.64. The fourth-order valence-corrected chi connectivity index (χ4v) is 3.94. The average molecular weight is 392 g/mol. The molecule has 3 rings (SSSR count). The number of hydrogen-bond donors (Lipinski definition) is 0. The molecule has 0 aliphatic heterocycles. The van der Waals surface area contributed by atoms with Gasteiger partial charge in [0.25, 0.3) is 0 Å². The smallest absolute Gasteiger partial charge is 0.243 e. The zero-order valence-electron chi connectivity index (χ0n) is 14.4. The van der Waals surface area contributed by atoms with E-state index in [1.807, 2.05) is 6.92 Å². The van der Waals surface area contributed by atoms with Crippen molar-refractivity contribution in [2.24, 2.45) is 0 Å². The van der Waals surface area contributed by atoms with Gasteiger partial charge < -0.3 is 4.52 Å². The minimum absolute atomic E-state index is 0.00724. The molecule has 0 saturated carbocycles. The third-order valence-corrected chi connectivity index (χ3v) is 6.08. The monoisotopic (exact) mass is 391 g/mol. The molecule has 0 spiro atoms. The summed E-state index contributed by atoms with van der Waals surface area (Å²) in [6, 6.07) is 13.7. The van der Waals surface area contributed by atoms with Crippen LogP contribution >= 0.6 is 11.6 Å². The Morgan fingerprint density at radius 3 is 2.35 bits per heavy atom. The first-order chi connectivity index (χ1) is 12.4. The van der Waals surface area contributed by atoms with Crippen LogP contribution in [0.25, 0.3) is 11.4 Å². The Balaban J connectivity index is 1.82. The Kier molecular flexibility index (Phi) is 5.41. The zero-order chi connectivity index (χ0) is 18.7. The average Bonchev–Trinajstić information content (AvgIpc) is 3.09. The van der Waals surface area contributed by atoms with E-state index in [0.29, 0.717) is 10.8 Å². The summed E-state index contributed by atoms with van der Waals surface area (Å²) in [6.07, 6.45) is 0. The minimum Gasteiger partial charge on any atom is -0.338 e. The Bertz CT molecular complexity index is 983. The van der Waals surface area contributed by atoms with Crippen LogP contribution in [-0.2, 0) is 16.6 Å². The zero-order valence-corrected chi connectivity index (χ0v) is 16.0. The van der Waals surface area contributed by atoms with E-state index >= 15 is 0 Å². The van der Waals surface area contributed by atoms with Crippen molar-refractivity contribution in [3.8, 4) is 11.4 Å². The Labute approximate surface area is 157 Å². The van der Waals surface area contributed by atoms with Crippen LogP contribution in [0, 0.1) is 6.92 Å². The Hall–Kier alpha value is -2.22. The molecular formula is C18H18ClN3O3S. The molecule has 0 fully saturated rings. The van der Waals surface area contributed by atoms with Gasteiger partial charge in [-0.05, 0) is 43.3 Å². The van der Waals surface area contributed by atoms with E-state index in [9.17, 15) is 8.42 Å². The van der Waals surface area contributed by atoms with Crippen LogP contribution in [0.3, 0.4) is 0 Å². The molecule has 6 nitrogen and oxygen atoms in total. The van der Waals surface area contributed by atoms with Crippen LogP contribution in [0.5, 0.6) is 0 Å². The lowest BCUT2D eigenvalue weighted by Crippen LogP contribution is -2.30. The van der Waals surface area contributed by atoms with Crippen LogP contribution in [0.15, 0.2) is 57.9 Å². The van der Waals surface area contributed by atoms with Crippen molar-refractivity contribution < 1.29 is 12.9 Å². The highest BCUT2D eigenvalue weighted by molar-refractivity contribution is 7.89. The predicted octanol–water partition coefficient (Wildman–Crippen LogP) is 3.91. The van der Waals surface area contributed by atoms with E-state index in [1.165, 1.54) is 4.31 Å². The number of halogens is 1. The summed E-state index contributed by atoms with van der Waals surface area (Å²) < 4.78 is 32.2. The predicted molar refractivity (Wildman–Crippen MR) is 99.2 cm³/mol. The van der Waals surface area contributed by atoms with Crippen molar-refractivity contribution >= 4 is 21.6 Å². The van der Waals surface area contributed by atoms with Gasteiger partial charge in [-0.1, -0.05) is 41.4 Å². The molecule has 8 heteroatoms.